The Morgan fingerprint density at radius 3 is 2.36 bits per heavy atom. The van der Waals surface area contributed by atoms with Crippen molar-refractivity contribution in [3.05, 3.63) is 36.4 Å². The van der Waals surface area contributed by atoms with Crippen LogP contribution in [0, 0.1) is 0 Å². The summed E-state index contributed by atoms with van der Waals surface area (Å²) in [5.74, 6) is 0.303. The number of phenols is 1. The van der Waals surface area contributed by atoms with Gasteiger partial charge >= 0.3 is 0 Å². The molecule has 0 unspecified atom stereocenters. The second-order valence-electron chi connectivity index (χ2n) is 2.50. The molecule has 1 nitrogen and oxygen atoms in total. The zero-order valence-electron chi connectivity index (χ0n) is 6.67. The molecule has 0 heterocycles. The zero-order chi connectivity index (χ0) is 8.27. The Labute approximate surface area is 67.0 Å². The van der Waals surface area contributed by atoms with Gasteiger partial charge in [0, 0.05) is 0 Å². The second-order valence-corrected chi connectivity index (χ2v) is 2.50. The van der Waals surface area contributed by atoms with E-state index in [1.807, 2.05) is 12.1 Å². The molecule has 1 heteroatoms. The average molecular weight is 148 g/mol. The molecule has 0 aromatic heterocycles. The van der Waals surface area contributed by atoms with Crippen molar-refractivity contribution in [1.29, 1.82) is 0 Å². The van der Waals surface area contributed by atoms with E-state index in [-0.39, 0.29) is 0 Å². The molecule has 1 aromatic carbocycles. The van der Waals surface area contributed by atoms with Gasteiger partial charge in [0.05, 0.1) is 0 Å². The van der Waals surface area contributed by atoms with Gasteiger partial charge in [-0.25, -0.2) is 0 Å². The molecule has 11 heavy (non-hydrogen) atoms. The van der Waals surface area contributed by atoms with Gasteiger partial charge < -0.3 is 5.11 Å². The molecule has 0 aliphatic carbocycles. The van der Waals surface area contributed by atoms with Gasteiger partial charge in [0.25, 0.3) is 0 Å². The first kappa shape index (κ1) is 7.86. The van der Waals surface area contributed by atoms with Gasteiger partial charge in [-0.05, 0) is 29.7 Å². The third-order valence-electron chi connectivity index (χ3n) is 1.70. The monoisotopic (exact) mass is 148 g/mol. The van der Waals surface area contributed by atoms with E-state index in [1.54, 1.807) is 12.1 Å². The van der Waals surface area contributed by atoms with Gasteiger partial charge in [0.2, 0.25) is 0 Å². The number of hydrogen-bond acceptors (Lipinski definition) is 1. The maximum Gasteiger partial charge on any atom is 0.115 e. The van der Waals surface area contributed by atoms with Crippen LogP contribution in [-0.2, 0) is 0 Å². The summed E-state index contributed by atoms with van der Waals surface area (Å²) in [6.45, 7) is 5.96. The number of benzene rings is 1. The van der Waals surface area contributed by atoms with Gasteiger partial charge in [-0.2, -0.15) is 0 Å². The highest BCUT2D eigenvalue weighted by molar-refractivity contribution is 5.63. The highest BCUT2D eigenvalue weighted by atomic mass is 16.3. The fourth-order valence-corrected chi connectivity index (χ4v) is 0.901. The third kappa shape index (κ3) is 1.84. The van der Waals surface area contributed by atoms with Crippen LogP contribution >= 0.6 is 0 Å². The van der Waals surface area contributed by atoms with Crippen molar-refractivity contribution < 1.29 is 5.11 Å². The predicted molar refractivity (Wildman–Crippen MR) is 47.4 cm³/mol. The Bertz CT molecular complexity index is 246. The number of rotatable bonds is 2. The van der Waals surface area contributed by atoms with Crippen LogP contribution in [0.1, 0.15) is 18.9 Å². The van der Waals surface area contributed by atoms with E-state index in [2.05, 4.69) is 13.5 Å². The minimum Gasteiger partial charge on any atom is -0.508 e. The van der Waals surface area contributed by atoms with Crippen molar-refractivity contribution in [3.8, 4) is 5.75 Å². The first-order valence-electron chi connectivity index (χ1n) is 3.71. The van der Waals surface area contributed by atoms with Crippen molar-refractivity contribution in [1.82, 2.24) is 0 Å². The van der Waals surface area contributed by atoms with Crippen molar-refractivity contribution >= 4 is 5.57 Å². The summed E-state index contributed by atoms with van der Waals surface area (Å²) < 4.78 is 0. The summed E-state index contributed by atoms with van der Waals surface area (Å²) in [6.07, 6.45) is 0.949. The van der Waals surface area contributed by atoms with Crippen LogP contribution in [0.2, 0.25) is 0 Å². The highest BCUT2D eigenvalue weighted by Crippen LogP contribution is 2.18. The van der Waals surface area contributed by atoms with Crippen LogP contribution in [0.5, 0.6) is 5.75 Å². The van der Waals surface area contributed by atoms with E-state index in [4.69, 9.17) is 5.11 Å². The zero-order valence-corrected chi connectivity index (χ0v) is 6.67. The van der Waals surface area contributed by atoms with Crippen molar-refractivity contribution in [2.24, 2.45) is 0 Å². The summed E-state index contributed by atoms with van der Waals surface area (Å²) in [7, 11) is 0. The van der Waals surface area contributed by atoms with Gasteiger partial charge in [-0.1, -0.05) is 25.6 Å². The van der Waals surface area contributed by atoms with Crippen molar-refractivity contribution in [2.75, 3.05) is 0 Å². The van der Waals surface area contributed by atoms with Crippen molar-refractivity contribution in [2.45, 2.75) is 13.3 Å². The van der Waals surface area contributed by atoms with Crippen LogP contribution in [0.15, 0.2) is 30.8 Å². The largest absolute Gasteiger partial charge is 0.508 e. The van der Waals surface area contributed by atoms with Crippen LogP contribution in [-0.4, -0.2) is 5.11 Å². The van der Waals surface area contributed by atoms with Crippen LogP contribution in [0.3, 0.4) is 0 Å². The molecule has 0 aliphatic heterocycles. The van der Waals surface area contributed by atoms with E-state index in [1.165, 1.54) is 0 Å². The van der Waals surface area contributed by atoms with Crippen LogP contribution < -0.4 is 0 Å². The molecular formula is C10H12O. The number of hydrogen-bond donors (Lipinski definition) is 1. The predicted octanol–water partition coefficient (Wildman–Crippen LogP) is 2.82. The molecule has 1 aromatic rings. The number of aromatic hydroxyl groups is 1. The Morgan fingerprint density at radius 2 is 1.91 bits per heavy atom. The lowest BCUT2D eigenvalue weighted by Gasteiger charge is -2.01. The van der Waals surface area contributed by atoms with Gasteiger partial charge in [0.15, 0.2) is 0 Å². The number of phenolic OH excluding ortho intramolecular Hbond substituents is 1. The molecule has 0 fully saturated rings. The van der Waals surface area contributed by atoms with Gasteiger partial charge in [0.1, 0.15) is 5.75 Å². The fraction of sp³-hybridized carbons (Fsp3) is 0.200. The lowest BCUT2D eigenvalue weighted by molar-refractivity contribution is 0.475. The average Bonchev–Trinajstić information content (AvgIpc) is 2.05. The summed E-state index contributed by atoms with van der Waals surface area (Å²) >= 11 is 0. The van der Waals surface area contributed by atoms with E-state index in [0.717, 1.165) is 17.6 Å². The summed E-state index contributed by atoms with van der Waals surface area (Å²) in [5.41, 5.74) is 2.20. The Kier molecular flexibility index (Phi) is 2.32. The Morgan fingerprint density at radius 1 is 1.36 bits per heavy atom. The molecule has 58 valence electrons. The van der Waals surface area contributed by atoms with E-state index in [9.17, 15) is 0 Å². The number of allylic oxidation sites excluding steroid dienone is 1. The maximum atomic E-state index is 8.98. The van der Waals surface area contributed by atoms with Crippen LogP contribution in [0.25, 0.3) is 5.57 Å². The Hall–Kier alpha value is -1.24. The lowest BCUT2D eigenvalue weighted by atomic mass is 10.1. The Balaban J connectivity index is 2.90. The van der Waals surface area contributed by atoms with E-state index < -0.39 is 0 Å². The normalized spacial score (nSPS) is 9.55. The summed E-state index contributed by atoms with van der Waals surface area (Å²) in [5, 5.41) is 8.98. The summed E-state index contributed by atoms with van der Waals surface area (Å²) in [6, 6.07) is 7.11. The molecule has 1 N–H and O–H groups in total. The smallest absolute Gasteiger partial charge is 0.115 e. The van der Waals surface area contributed by atoms with Crippen molar-refractivity contribution in [3.63, 3.8) is 0 Å². The highest BCUT2D eigenvalue weighted by Gasteiger charge is 1.94. The molecule has 0 amide bonds. The van der Waals surface area contributed by atoms with Gasteiger partial charge in [-0.15, -0.1) is 0 Å². The minimum absolute atomic E-state index is 0.303. The molecule has 0 spiro atoms. The SMILES string of the molecule is C=C(CC)c1ccc(O)cc1. The topological polar surface area (TPSA) is 20.2 Å². The fourth-order valence-electron chi connectivity index (χ4n) is 0.901. The second kappa shape index (κ2) is 3.24. The maximum absolute atomic E-state index is 8.98. The first-order chi connectivity index (χ1) is 5.24. The minimum atomic E-state index is 0.303. The molecule has 0 aliphatic rings. The molecular weight excluding hydrogens is 136 g/mol. The first-order valence-corrected chi connectivity index (χ1v) is 3.71. The third-order valence-corrected chi connectivity index (χ3v) is 1.70. The molecule has 0 bridgehead atoms. The van der Waals surface area contributed by atoms with E-state index >= 15 is 0 Å². The van der Waals surface area contributed by atoms with Gasteiger partial charge in [-0.3, -0.25) is 0 Å². The van der Waals surface area contributed by atoms with Crippen LogP contribution in [0.4, 0.5) is 0 Å². The lowest BCUT2D eigenvalue weighted by Crippen LogP contribution is -1.78. The summed E-state index contributed by atoms with van der Waals surface area (Å²) in [4.78, 5) is 0. The molecule has 0 saturated carbocycles. The quantitative estimate of drug-likeness (QED) is 0.683. The molecule has 1 rings (SSSR count). The molecule has 0 radical (unpaired) electrons. The standard InChI is InChI=1S/C10H12O/c1-3-8(2)9-4-6-10(11)7-5-9/h4-7,11H,2-3H2,1H3. The molecule has 0 atom stereocenters. The molecule has 0 saturated heterocycles. The van der Waals surface area contributed by atoms with E-state index in [0.29, 0.717) is 5.75 Å².